The summed E-state index contributed by atoms with van der Waals surface area (Å²) in [4.78, 5) is 17.1. The van der Waals surface area contributed by atoms with Crippen molar-refractivity contribution in [3.8, 4) is 11.5 Å². The van der Waals surface area contributed by atoms with Crippen molar-refractivity contribution < 1.29 is 17.6 Å². The summed E-state index contributed by atoms with van der Waals surface area (Å²) in [5.41, 5.74) is 1.99. The molecule has 25 heavy (non-hydrogen) atoms. The smallest absolute Gasteiger partial charge is 0.245 e. The van der Waals surface area contributed by atoms with E-state index in [1.54, 1.807) is 24.5 Å². The minimum Gasteiger partial charge on any atom is -0.444 e. The summed E-state index contributed by atoms with van der Waals surface area (Å²) in [6.07, 6.45) is 3.20. The normalized spacial score (nSPS) is 17.2. The van der Waals surface area contributed by atoms with E-state index < -0.39 is 20.5 Å². The average molecular weight is 363 g/mol. The quantitative estimate of drug-likeness (QED) is 0.858. The number of carbonyl (C=O) groups excluding carboxylic acids is 1. The van der Waals surface area contributed by atoms with Crippen LogP contribution in [0.4, 0.5) is 5.69 Å². The standard InChI is InChI=1S/C17H21N3O4S/c1-12-11-24-15(19-12)13-4-3-5-14(10-13)20-16(21)17(25(2,22)23)6-8-18-9-7-17/h3-5,10-11,18H,6-9H2,1-2H3,(H,20,21). The fourth-order valence-corrected chi connectivity index (χ4v) is 4.39. The molecule has 0 saturated carbocycles. The first-order valence-corrected chi connectivity index (χ1v) is 9.95. The summed E-state index contributed by atoms with van der Waals surface area (Å²) < 4.78 is 28.6. The van der Waals surface area contributed by atoms with Gasteiger partial charge in [-0.05, 0) is 51.1 Å². The molecular weight excluding hydrogens is 342 g/mol. The Hall–Kier alpha value is -2.19. The third-order valence-electron chi connectivity index (χ3n) is 4.52. The molecule has 1 aromatic carbocycles. The minimum absolute atomic E-state index is 0.260. The highest BCUT2D eigenvalue weighted by Crippen LogP contribution is 2.30. The highest BCUT2D eigenvalue weighted by Gasteiger charge is 2.48. The molecule has 7 nitrogen and oxygen atoms in total. The van der Waals surface area contributed by atoms with E-state index in [4.69, 9.17) is 4.42 Å². The Morgan fingerprint density at radius 3 is 2.64 bits per heavy atom. The summed E-state index contributed by atoms with van der Waals surface area (Å²) in [6.45, 7) is 2.82. The minimum atomic E-state index is -3.55. The monoisotopic (exact) mass is 363 g/mol. The number of hydrogen-bond acceptors (Lipinski definition) is 6. The molecule has 2 heterocycles. The summed E-state index contributed by atoms with van der Waals surface area (Å²) in [6, 6.07) is 7.02. The number of sulfone groups is 1. The van der Waals surface area contributed by atoms with Crippen LogP contribution >= 0.6 is 0 Å². The summed E-state index contributed by atoms with van der Waals surface area (Å²) in [7, 11) is -3.55. The van der Waals surface area contributed by atoms with Crippen LogP contribution in [0.25, 0.3) is 11.5 Å². The lowest BCUT2D eigenvalue weighted by Gasteiger charge is -2.34. The molecule has 2 N–H and O–H groups in total. The number of aromatic nitrogens is 1. The van der Waals surface area contributed by atoms with Crippen LogP contribution in [0, 0.1) is 6.92 Å². The molecule has 0 unspecified atom stereocenters. The highest BCUT2D eigenvalue weighted by atomic mass is 32.2. The molecule has 0 atom stereocenters. The van der Waals surface area contributed by atoms with E-state index in [0.717, 1.165) is 11.9 Å². The van der Waals surface area contributed by atoms with E-state index in [9.17, 15) is 13.2 Å². The second-order valence-corrected chi connectivity index (χ2v) is 8.67. The predicted molar refractivity (Wildman–Crippen MR) is 95.0 cm³/mol. The number of oxazole rings is 1. The van der Waals surface area contributed by atoms with E-state index in [1.807, 2.05) is 13.0 Å². The highest BCUT2D eigenvalue weighted by molar-refractivity contribution is 7.92. The molecule has 0 radical (unpaired) electrons. The van der Waals surface area contributed by atoms with Gasteiger partial charge in [-0.1, -0.05) is 6.07 Å². The van der Waals surface area contributed by atoms with E-state index in [-0.39, 0.29) is 12.8 Å². The Kier molecular flexibility index (Phi) is 4.66. The van der Waals surface area contributed by atoms with Gasteiger partial charge >= 0.3 is 0 Å². The molecule has 0 spiro atoms. The van der Waals surface area contributed by atoms with E-state index in [1.165, 1.54) is 0 Å². The molecule has 0 bridgehead atoms. The van der Waals surface area contributed by atoms with Gasteiger partial charge in [-0.25, -0.2) is 13.4 Å². The molecular formula is C17H21N3O4S. The van der Waals surface area contributed by atoms with Crippen LogP contribution < -0.4 is 10.6 Å². The van der Waals surface area contributed by atoms with Crippen molar-refractivity contribution in [3.05, 3.63) is 36.2 Å². The van der Waals surface area contributed by atoms with E-state index in [2.05, 4.69) is 15.6 Å². The lowest BCUT2D eigenvalue weighted by atomic mass is 9.95. The summed E-state index contributed by atoms with van der Waals surface area (Å²) >= 11 is 0. The first kappa shape index (κ1) is 17.6. The predicted octanol–water partition coefficient (Wildman–Crippen LogP) is 1.76. The van der Waals surface area contributed by atoms with E-state index >= 15 is 0 Å². The number of piperidine rings is 1. The third kappa shape index (κ3) is 3.45. The van der Waals surface area contributed by atoms with Crippen LogP contribution in [0.5, 0.6) is 0 Å². The Labute approximate surface area is 146 Å². The summed E-state index contributed by atoms with van der Waals surface area (Å²) in [5.74, 6) is -0.0365. The Morgan fingerprint density at radius 2 is 2.04 bits per heavy atom. The van der Waals surface area contributed by atoms with Crippen molar-refractivity contribution in [3.63, 3.8) is 0 Å². The van der Waals surface area contributed by atoms with Crippen molar-refractivity contribution in [1.82, 2.24) is 10.3 Å². The van der Waals surface area contributed by atoms with Gasteiger partial charge in [0.2, 0.25) is 11.8 Å². The average Bonchev–Trinajstić information content (AvgIpc) is 3.01. The molecule has 1 amide bonds. The molecule has 1 aliphatic rings. The molecule has 0 aliphatic carbocycles. The van der Waals surface area contributed by atoms with Crippen LogP contribution in [0.15, 0.2) is 34.9 Å². The van der Waals surface area contributed by atoms with Gasteiger partial charge in [0.1, 0.15) is 6.26 Å². The van der Waals surface area contributed by atoms with Gasteiger partial charge in [-0.3, -0.25) is 4.79 Å². The zero-order valence-electron chi connectivity index (χ0n) is 14.2. The number of carbonyl (C=O) groups is 1. The van der Waals surface area contributed by atoms with Crippen LogP contribution in [-0.4, -0.2) is 43.4 Å². The maximum absolute atomic E-state index is 12.8. The number of anilines is 1. The van der Waals surface area contributed by atoms with E-state index in [0.29, 0.717) is 30.2 Å². The van der Waals surface area contributed by atoms with Crippen LogP contribution in [0.2, 0.25) is 0 Å². The number of nitrogens with one attached hydrogen (secondary N) is 2. The van der Waals surface area contributed by atoms with Gasteiger partial charge in [0.15, 0.2) is 14.6 Å². The van der Waals surface area contributed by atoms with Gasteiger partial charge in [0.25, 0.3) is 0 Å². The van der Waals surface area contributed by atoms with Crippen LogP contribution in [-0.2, 0) is 14.6 Å². The maximum atomic E-state index is 12.8. The Morgan fingerprint density at radius 1 is 1.32 bits per heavy atom. The third-order valence-corrected chi connectivity index (χ3v) is 6.53. The van der Waals surface area contributed by atoms with Crippen molar-refractivity contribution in [2.75, 3.05) is 24.7 Å². The number of nitrogens with zero attached hydrogens (tertiary/aromatic N) is 1. The number of benzene rings is 1. The zero-order chi connectivity index (χ0) is 18.1. The lowest BCUT2D eigenvalue weighted by molar-refractivity contribution is -0.119. The Balaban J connectivity index is 1.87. The second-order valence-electron chi connectivity index (χ2n) is 6.35. The number of rotatable bonds is 4. The molecule has 2 aromatic rings. The fraction of sp³-hybridized carbons (Fsp3) is 0.412. The topological polar surface area (TPSA) is 101 Å². The number of amides is 1. The SMILES string of the molecule is Cc1coc(-c2cccc(NC(=O)C3(S(C)(=O)=O)CCNCC3)c2)n1. The molecule has 1 fully saturated rings. The van der Waals surface area contributed by atoms with Crippen molar-refractivity contribution in [2.24, 2.45) is 0 Å². The zero-order valence-corrected chi connectivity index (χ0v) is 15.0. The number of hydrogen-bond donors (Lipinski definition) is 2. The van der Waals surface area contributed by atoms with Crippen LogP contribution in [0.3, 0.4) is 0 Å². The lowest BCUT2D eigenvalue weighted by Crippen LogP contribution is -2.55. The van der Waals surface area contributed by atoms with Gasteiger partial charge < -0.3 is 15.1 Å². The molecule has 1 aliphatic heterocycles. The fourth-order valence-electron chi connectivity index (χ4n) is 3.06. The van der Waals surface area contributed by atoms with Gasteiger partial charge in [-0.15, -0.1) is 0 Å². The molecule has 3 rings (SSSR count). The number of aryl methyl sites for hydroxylation is 1. The Bertz CT molecular complexity index is 883. The first-order chi connectivity index (χ1) is 11.8. The van der Waals surface area contributed by atoms with Crippen molar-refractivity contribution in [2.45, 2.75) is 24.5 Å². The molecule has 1 aromatic heterocycles. The second kappa shape index (κ2) is 6.61. The van der Waals surface area contributed by atoms with Gasteiger partial charge in [0, 0.05) is 17.5 Å². The van der Waals surface area contributed by atoms with Crippen molar-refractivity contribution >= 4 is 21.4 Å². The molecule has 134 valence electrons. The van der Waals surface area contributed by atoms with Gasteiger partial charge in [-0.2, -0.15) is 0 Å². The van der Waals surface area contributed by atoms with Crippen molar-refractivity contribution in [1.29, 1.82) is 0 Å². The summed E-state index contributed by atoms with van der Waals surface area (Å²) in [5, 5.41) is 5.86. The first-order valence-electron chi connectivity index (χ1n) is 8.06. The molecule has 1 saturated heterocycles. The molecule has 8 heteroatoms. The largest absolute Gasteiger partial charge is 0.444 e. The van der Waals surface area contributed by atoms with Gasteiger partial charge in [0.05, 0.1) is 5.69 Å². The van der Waals surface area contributed by atoms with Crippen LogP contribution in [0.1, 0.15) is 18.5 Å². The maximum Gasteiger partial charge on any atom is 0.245 e.